The fourth-order valence-corrected chi connectivity index (χ4v) is 4.36. The van der Waals surface area contributed by atoms with Crippen LogP contribution < -0.4 is 5.56 Å². The number of aromatic nitrogens is 4. The molecule has 1 aliphatic carbocycles. The van der Waals surface area contributed by atoms with Crippen molar-refractivity contribution in [3.8, 4) is 5.82 Å². The molecule has 3 heterocycles. The highest BCUT2D eigenvalue weighted by Crippen LogP contribution is 2.31. The lowest BCUT2D eigenvalue weighted by atomic mass is 9.84. The molecule has 0 amide bonds. The zero-order valence-corrected chi connectivity index (χ0v) is 15.1. The molecule has 1 unspecified atom stereocenters. The highest BCUT2D eigenvalue weighted by molar-refractivity contribution is 5.19. The van der Waals surface area contributed by atoms with E-state index in [1.807, 2.05) is 6.20 Å². The predicted molar refractivity (Wildman–Crippen MR) is 98.2 cm³/mol. The van der Waals surface area contributed by atoms with E-state index in [1.165, 1.54) is 6.42 Å². The highest BCUT2D eigenvalue weighted by Gasteiger charge is 2.35. The van der Waals surface area contributed by atoms with Gasteiger partial charge in [0.25, 0.3) is 5.56 Å². The maximum Gasteiger partial charge on any atom is 0.266 e. The number of imidazole rings is 1. The molecule has 140 valence electrons. The van der Waals surface area contributed by atoms with E-state index in [0.29, 0.717) is 18.9 Å². The number of hydrogen-bond acceptors (Lipinski definition) is 5. The van der Waals surface area contributed by atoms with E-state index in [-0.39, 0.29) is 11.6 Å². The average Bonchev–Trinajstić information content (AvgIpc) is 3.30. The first kappa shape index (κ1) is 17.4. The Morgan fingerprint density at radius 1 is 1.19 bits per heavy atom. The average molecular weight is 357 g/mol. The predicted octanol–water partition coefficient (Wildman–Crippen LogP) is 1.59. The molecule has 2 aliphatic rings. The van der Waals surface area contributed by atoms with E-state index < -0.39 is 5.60 Å². The molecule has 7 nitrogen and oxygen atoms in total. The van der Waals surface area contributed by atoms with Gasteiger partial charge < -0.3 is 5.11 Å². The molecule has 1 N–H and O–H groups in total. The number of aliphatic hydroxyl groups is 1. The Kier molecular flexibility index (Phi) is 4.91. The summed E-state index contributed by atoms with van der Waals surface area (Å²) >= 11 is 0. The fraction of sp³-hybridized carbons (Fsp3) is 0.632. The molecule has 26 heavy (non-hydrogen) atoms. The van der Waals surface area contributed by atoms with Crippen molar-refractivity contribution in [2.45, 2.75) is 63.1 Å². The van der Waals surface area contributed by atoms with Gasteiger partial charge in [-0.15, -0.1) is 0 Å². The van der Waals surface area contributed by atoms with Crippen LogP contribution in [-0.2, 0) is 6.54 Å². The maximum atomic E-state index is 12.3. The summed E-state index contributed by atoms with van der Waals surface area (Å²) < 4.78 is 3.36. The Morgan fingerprint density at radius 3 is 2.81 bits per heavy atom. The monoisotopic (exact) mass is 357 g/mol. The Balaban J connectivity index is 1.49. The van der Waals surface area contributed by atoms with Crippen LogP contribution in [0.4, 0.5) is 0 Å². The van der Waals surface area contributed by atoms with E-state index in [0.717, 1.165) is 45.1 Å². The van der Waals surface area contributed by atoms with Crippen molar-refractivity contribution >= 4 is 0 Å². The Labute approximate surface area is 153 Å². The zero-order chi connectivity index (χ0) is 18.0. The Hall–Kier alpha value is -1.99. The van der Waals surface area contributed by atoms with Crippen LogP contribution in [-0.4, -0.2) is 54.1 Å². The summed E-state index contributed by atoms with van der Waals surface area (Å²) in [6.07, 6.45) is 12.6. The molecular weight excluding hydrogens is 330 g/mol. The largest absolute Gasteiger partial charge is 0.389 e. The summed E-state index contributed by atoms with van der Waals surface area (Å²) in [5, 5.41) is 15.4. The van der Waals surface area contributed by atoms with E-state index in [9.17, 15) is 9.90 Å². The number of rotatable bonds is 5. The molecule has 2 aromatic heterocycles. The van der Waals surface area contributed by atoms with Gasteiger partial charge in [0.1, 0.15) is 6.33 Å². The van der Waals surface area contributed by atoms with Gasteiger partial charge in [-0.2, -0.15) is 5.10 Å². The molecule has 0 bridgehead atoms. The van der Waals surface area contributed by atoms with Gasteiger partial charge in [0, 0.05) is 31.0 Å². The van der Waals surface area contributed by atoms with Gasteiger partial charge in [-0.1, -0.05) is 19.3 Å². The van der Waals surface area contributed by atoms with E-state index in [4.69, 9.17) is 0 Å². The summed E-state index contributed by atoms with van der Waals surface area (Å²) in [7, 11) is 0. The first-order valence-corrected chi connectivity index (χ1v) is 9.66. The number of nitrogens with zero attached hydrogens (tertiary/aromatic N) is 5. The summed E-state index contributed by atoms with van der Waals surface area (Å²) in [6, 6.07) is 3.54. The summed E-state index contributed by atoms with van der Waals surface area (Å²) in [5.74, 6) is 0.692. The van der Waals surface area contributed by atoms with Crippen LogP contribution in [0.15, 0.2) is 35.6 Å². The molecule has 7 heteroatoms. The van der Waals surface area contributed by atoms with Gasteiger partial charge in [-0.3, -0.25) is 14.3 Å². The molecule has 2 fully saturated rings. The molecule has 0 radical (unpaired) electrons. The third-order valence-electron chi connectivity index (χ3n) is 5.79. The van der Waals surface area contributed by atoms with Crippen LogP contribution in [0.3, 0.4) is 0 Å². The SMILES string of the molecule is O=c1ccc(-n2ccnc2)nn1CC1CCCN1CC1(O)CCCCC1. The lowest BCUT2D eigenvalue weighted by Gasteiger charge is -2.37. The van der Waals surface area contributed by atoms with Crippen LogP contribution in [0.1, 0.15) is 44.9 Å². The second-order valence-electron chi connectivity index (χ2n) is 7.73. The van der Waals surface area contributed by atoms with Gasteiger partial charge in [-0.25, -0.2) is 9.67 Å². The van der Waals surface area contributed by atoms with E-state index >= 15 is 0 Å². The van der Waals surface area contributed by atoms with Crippen molar-refractivity contribution in [1.29, 1.82) is 0 Å². The first-order chi connectivity index (χ1) is 12.6. The van der Waals surface area contributed by atoms with Gasteiger partial charge in [0.15, 0.2) is 5.82 Å². The molecule has 2 aromatic rings. The molecule has 4 rings (SSSR count). The topological polar surface area (TPSA) is 76.2 Å². The van der Waals surface area contributed by atoms with Crippen LogP contribution in [0, 0.1) is 0 Å². The summed E-state index contributed by atoms with van der Waals surface area (Å²) in [6.45, 7) is 2.27. The lowest BCUT2D eigenvalue weighted by molar-refractivity contribution is -0.0305. The minimum absolute atomic E-state index is 0.0860. The van der Waals surface area contributed by atoms with E-state index in [2.05, 4.69) is 15.0 Å². The minimum atomic E-state index is -0.558. The van der Waals surface area contributed by atoms with Crippen LogP contribution in [0.2, 0.25) is 0 Å². The molecule has 0 spiro atoms. The normalized spacial score (nSPS) is 23.3. The molecule has 1 saturated carbocycles. The van der Waals surface area contributed by atoms with Gasteiger partial charge >= 0.3 is 0 Å². The van der Waals surface area contributed by atoms with Gasteiger partial charge in [0.05, 0.1) is 12.1 Å². The van der Waals surface area contributed by atoms with Crippen molar-refractivity contribution in [2.75, 3.05) is 13.1 Å². The molecule has 1 atom stereocenters. The van der Waals surface area contributed by atoms with Crippen molar-refractivity contribution in [1.82, 2.24) is 24.2 Å². The maximum absolute atomic E-state index is 12.3. The standard InChI is InChI=1S/C19H27N5O2/c25-18-7-6-17(23-12-10-20-15-23)21-24(18)13-16-5-4-11-22(16)14-19(26)8-2-1-3-9-19/h6-7,10,12,15-16,26H,1-5,8-9,11,13-14H2. The second kappa shape index (κ2) is 7.32. The van der Waals surface area contributed by atoms with Gasteiger partial charge in [0.2, 0.25) is 0 Å². The lowest BCUT2D eigenvalue weighted by Crippen LogP contribution is -2.47. The van der Waals surface area contributed by atoms with E-state index in [1.54, 1.807) is 33.9 Å². The van der Waals surface area contributed by atoms with Crippen molar-refractivity contribution in [2.24, 2.45) is 0 Å². The van der Waals surface area contributed by atoms with Crippen LogP contribution >= 0.6 is 0 Å². The second-order valence-corrected chi connectivity index (χ2v) is 7.73. The molecule has 1 aliphatic heterocycles. The Bertz CT molecular complexity index is 779. The highest BCUT2D eigenvalue weighted by atomic mass is 16.3. The number of hydrogen-bond donors (Lipinski definition) is 1. The number of β-amino-alcohol motifs (C(OH)–C–C–N with tert-alkyl or cyclic N) is 1. The third kappa shape index (κ3) is 3.73. The Morgan fingerprint density at radius 2 is 2.04 bits per heavy atom. The van der Waals surface area contributed by atoms with Crippen LogP contribution in [0.5, 0.6) is 0 Å². The summed E-state index contributed by atoms with van der Waals surface area (Å²) in [5.41, 5.74) is -0.644. The van der Waals surface area contributed by atoms with Crippen LogP contribution in [0.25, 0.3) is 5.82 Å². The quantitative estimate of drug-likeness (QED) is 0.879. The third-order valence-corrected chi connectivity index (χ3v) is 5.79. The molecule has 0 aromatic carbocycles. The zero-order valence-electron chi connectivity index (χ0n) is 15.1. The first-order valence-electron chi connectivity index (χ1n) is 9.66. The van der Waals surface area contributed by atoms with Crippen molar-refractivity contribution in [3.63, 3.8) is 0 Å². The smallest absolute Gasteiger partial charge is 0.266 e. The summed E-state index contributed by atoms with van der Waals surface area (Å²) in [4.78, 5) is 18.7. The molecule has 1 saturated heterocycles. The minimum Gasteiger partial charge on any atom is -0.389 e. The van der Waals surface area contributed by atoms with Gasteiger partial charge in [-0.05, 0) is 38.3 Å². The van der Waals surface area contributed by atoms with Crippen molar-refractivity contribution < 1.29 is 5.11 Å². The molecular formula is C19H27N5O2. The fourth-order valence-electron chi connectivity index (χ4n) is 4.36. The number of likely N-dealkylation sites (tertiary alicyclic amines) is 1. The van der Waals surface area contributed by atoms with Crippen molar-refractivity contribution in [3.05, 3.63) is 41.2 Å².